The van der Waals surface area contributed by atoms with Gasteiger partial charge in [0.2, 0.25) is 0 Å². The first-order valence-electron chi connectivity index (χ1n) is 19.0. The largest absolute Gasteiger partial charge is 0.741 e. The zero-order valence-electron chi connectivity index (χ0n) is 37.7. The molecule has 0 bridgehead atoms. The van der Waals surface area contributed by atoms with Gasteiger partial charge in [-0.1, -0.05) is 51.0 Å². The van der Waals surface area contributed by atoms with Crippen LogP contribution in [-0.2, 0) is 50.3 Å². The summed E-state index contributed by atoms with van der Waals surface area (Å²) in [6, 6.07) is 26.5. The first-order valence-corrected chi connectivity index (χ1v) is 20.5. The topological polar surface area (TPSA) is 175 Å². The number of nitrogens with zero attached hydrogens (tertiary/aromatic N) is 6. The fourth-order valence-corrected chi connectivity index (χ4v) is 4.77. The van der Waals surface area contributed by atoms with Crippen LogP contribution in [0.4, 0.5) is 13.2 Å². The van der Waals surface area contributed by atoms with Crippen LogP contribution in [0.2, 0.25) is 0 Å². The zero-order chi connectivity index (χ0) is 46.7. The van der Waals surface area contributed by atoms with E-state index in [0.29, 0.717) is 0 Å². The Morgan fingerprint density at radius 1 is 0.556 bits per heavy atom. The van der Waals surface area contributed by atoms with E-state index in [2.05, 4.69) is 87.1 Å². The molecule has 0 saturated carbocycles. The van der Waals surface area contributed by atoms with E-state index in [9.17, 15) is 13.2 Å². The summed E-state index contributed by atoms with van der Waals surface area (Å²) in [5, 5.41) is 16.1. The van der Waals surface area contributed by atoms with Crippen LogP contribution >= 0.6 is 0 Å². The molecule has 0 atom stereocenters. The van der Waals surface area contributed by atoms with Crippen molar-refractivity contribution in [2.45, 2.75) is 108 Å². The summed E-state index contributed by atoms with van der Waals surface area (Å²) >= 11 is 0. The van der Waals surface area contributed by atoms with Gasteiger partial charge in [0, 0.05) is 88.0 Å². The van der Waals surface area contributed by atoms with Crippen LogP contribution in [0.5, 0.6) is 0 Å². The Balaban J connectivity index is 0. The standard InChI is InChI=1S/C13H14N2.2C13H13N2.2C3H8O.CHF3O3S.2Ir/c3*1-9-6-7-14-13(8-9)12-5-4-10(2)15-11(12)3;2*1-3(2)4;2-1(3,4)8(5,6)7;;/h4-8H,1-3H3;2*4,6-8H,1-3H3;2*3-4H,1-2H3;(H,5,6,7);;/q;2*-1;;;;;/p-1. The summed E-state index contributed by atoms with van der Waals surface area (Å²) < 4.78 is 58.9. The number of pyridine rings is 6. The minimum absolute atomic E-state index is 0. The van der Waals surface area contributed by atoms with E-state index in [1.54, 1.807) is 27.7 Å². The van der Waals surface area contributed by atoms with Crippen LogP contribution in [0.1, 0.15) is 78.5 Å². The molecule has 0 spiro atoms. The van der Waals surface area contributed by atoms with Gasteiger partial charge in [-0.15, -0.1) is 35.4 Å². The van der Waals surface area contributed by atoms with Gasteiger partial charge in [-0.05, 0) is 138 Å². The van der Waals surface area contributed by atoms with Gasteiger partial charge < -0.3 is 34.7 Å². The Hall–Kier alpha value is -4.18. The summed E-state index contributed by atoms with van der Waals surface area (Å²) in [7, 11) is -6.09. The van der Waals surface area contributed by atoms with Crippen LogP contribution in [0.3, 0.4) is 0 Å². The summed E-state index contributed by atoms with van der Waals surface area (Å²) in [5.41, 5.74) is 9.98. The van der Waals surface area contributed by atoms with E-state index in [0.717, 1.165) is 67.9 Å². The van der Waals surface area contributed by atoms with E-state index in [-0.39, 0.29) is 52.4 Å². The molecule has 6 aromatic heterocycles. The molecule has 348 valence electrons. The van der Waals surface area contributed by atoms with Gasteiger partial charge in [-0.25, -0.2) is 8.42 Å². The second kappa shape index (κ2) is 29.3. The fraction of sp³-hybridized carbons (Fsp3) is 0.348. The van der Waals surface area contributed by atoms with Crippen LogP contribution < -0.4 is 0 Å². The van der Waals surface area contributed by atoms with Gasteiger partial charge in [-0.3, -0.25) is 9.97 Å². The summed E-state index contributed by atoms with van der Waals surface area (Å²) in [4.78, 5) is 26.3. The van der Waals surface area contributed by atoms with Crippen LogP contribution in [-0.4, -0.2) is 70.8 Å². The second-order valence-corrected chi connectivity index (χ2v) is 15.7. The quantitative estimate of drug-likeness (QED) is 0.0981. The molecule has 6 rings (SSSR count). The molecule has 0 aliphatic carbocycles. The number of aromatic nitrogens is 6. The smallest absolute Gasteiger partial charge is 0.485 e. The number of rotatable bonds is 3. The number of hydrogen-bond acceptors (Lipinski definition) is 11. The number of hydrogen-bond donors (Lipinski definition) is 2. The van der Waals surface area contributed by atoms with Gasteiger partial charge in [0.1, 0.15) is 0 Å². The average molecular weight is 1250 g/mol. The van der Waals surface area contributed by atoms with Gasteiger partial charge >= 0.3 is 5.51 Å². The van der Waals surface area contributed by atoms with Gasteiger partial charge in [0.15, 0.2) is 10.1 Å². The molecular formula is C46H56F3Ir2N6O5S-3. The van der Waals surface area contributed by atoms with Crippen LogP contribution in [0.25, 0.3) is 33.8 Å². The summed E-state index contributed by atoms with van der Waals surface area (Å²) in [6.07, 6.45) is 5.14. The first kappa shape index (κ1) is 60.9. The van der Waals surface area contributed by atoms with Gasteiger partial charge in [0.25, 0.3) is 0 Å². The number of aliphatic hydroxyl groups excluding tert-OH is 2. The normalized spacial score (nSPS) is 10.3. The SMILES string of the molecule is CC(C)O.CC(C)O.Cc1ccnc(-c2[c-]cc(C)nc2C)c1.Cc1ccnc(-c2[c-]cc(C)nc2C)c1.Cc1ccnc(-c2ccc(C)nc2C)c1.O=S(=O)([O-])C(F)(F)F.[Ir].[Ir]. The molecule has 11 nitrogen and oxygen atoms in total. The number of aliphatic hydroxyl groups is 2. The molecule has 63 heavy (non-hydrogen) atoms. The number of alkyl halides is 3. The molecule has 0 aliphatic rings. The third kappa shape index (κ3) is 24.5. The van der Waals surface area contributed by atoms with E-state index in [1.165, 1.54) is 16.7 Å². The van der Waals surface area contributed by atoms with Crippen molar-refractivity contribution in [1.29, 1.82) is 0 Å². The van der Waals surface area contributed by atoms with Crippen LogP contribution in [0, 0.1) is 74.4 Å². The van der Waals surface area contributed by atoms with Crippen LogP contribution in [0.15, 0.2) is 79.3 Å². The van der Waals surface area contributed by atoms with E-state index in [4.69, 9.17) is 23.2 Å². The van der Waals surface area contributed by atoms with Crippen molar-refractivity contribution in [1.82, 2.24) is 29.9 Å². The van der Waals surface area contributed by atoms with E-state index >= 15 is 0 Å². The molecule has 0 fully saturated rings. The number of aryl methyl sites for hydroxylation is 9. The minimum Gasteiger partial charge on any atom is -0.741 e. The van der Waals surface area contributed by atoms with Crippen molar-refractivity contribution in [3.8, 4) is 33.8 Å². The maximum Gasteiger partial charge on any atom is 0.485 e. The molecule has 0 amide bonds. The molecule has 2 N–H and O–H groups in total. The van der Waals surface area contributed by atoms with Crippen molar-refractivity contribution >= 4 is 10.1 Å². The van der Waals surface area contributed by atoms with Crippen molar-refractivity contribution in [3.63, 3.8) is 0 Å². The van der Waals surface area contributed by atoms with Crippen molar-refractivity contribution in [2.24, 2.45) is 0 Å². The van der Waals surface area contributed by atoms with Crippen molar-refractivity contribution in [2.75, 3.05) is 0 Å². The third-order valence-electron chi connectivity index (χ3n) is 7.31. The van der Waals surface area contributed by atoms with E-state index < -0.39 is 15.6 Å². The molecular weight excluding hydrogens is 1190 g/mol. The third-order valence-corrected chi connectivity index (χ3v) is 7.87. The second-order valence-electron chi connectivity index (χ2n) is 14.3. The predicted molar refractivity (Wildman–Crippen MR) is 233 cm³/mol. The molecule has 6 aromatic rings. The molecule has 6 heterocycles. The molecule has 2 radical (unpaired) electrons. The Kier molecular flexibility index (Phi) is 28.3. The monoisotopic (exact) mass is 1250 g/mol. The van der Waals surface area contributed by atoms with E-state index in [1.807, 2.05) is 96.5 Å². The Bertz CT molecular complexity index is 2170. The molecule has 17 heteroatoms. The van der Waals surface area contributed by atoms with Crippen molar-refractivity contribution in [3.05, 3.63) is 142 Å². The zero-order valence-corrected chi connectivity index (χ0v) is 43.3. The Labute approximate surface area is 398 Å². The molecule has 0 aliphatic heterocycles. The van der Waals surface area contributed by atoms with Crippen molar-refractivity contribution < 1.29 is 76.6 Å². The molecule has 0 unspecified atom stereocenters. The Morgan fingerprint density at radius 3 is 1.14 bits per heavy atom. The summed E-state index contributed by atoms with van der Waals surface area (Å²) in [5.74, 6) is 0. The minimum atomic E-state index is -6.09. The number of halogens is 3. The summed E-state index contributed by atoms with van der Waals surface area (Å²) in [6.45, 7) is 25.0. The average Bonchev–Trinajstić information content (AvgIpc) is 3.11. The predicted octanol–water partition coefficient (Wildman–Crippen LogP) is 9.63. The maximum absolute atomic E-state index is 10.7. The van der Waals surface area contributed by atoms with Gasteiger partial charge in [-0.2, -0.15) is 13.2 Å². The first-order chi connectivity index (χ1) is 28.2. The molecule has 0 saturated heterocycles. The maximum atomic E-state index is 10.7. The fourth-order valence-electron chi connectivity index (χ4n) is 4.77. The molecule has 0 aromatic carbocycles. The Morgan fingerprint density at radius 2 is 0.857 bits per heavy atom. The van der Waals surface area contributed by atoms with Gasteiger partial charge in [0.05, 0.1) is 5.69 Å².